The first-order valence-corrected chi connectivity index (χ1v) is 8.01. The van der Waals surface area contributed by atoms with Crippen LogP contribution in [-0.2, 0) is 25.2 Å². The highest BCUT2D eigenvalue weighted by atomic mass is 32.2. The molecule has 0 radical (unpaired) electrons. The lowest BCUT2D eigenvalue weighted by Crippen LogP contribution is -2.44. The molecule has 7 nitrogen and oxygen atoms in total. The summed E-state index contributed by atoms with van der Waals surface area (Å²) in [7, 11) is -3.66. The first-order valence-electron chi connectivity index (χ1n) is 5.31. The van der Waals surface area contributed by atoms with Gasteiger partial charge < -0.3 is 10.4 Å². The maximum absolute atomic E-state index is 11.9. The third-order valence-electron chi connectivity index (χ3n) is 2.11. The Morgan fingerprint density at radius 3 is 2.58 bits per heavy atom. The maximum Gasteiger partial charge on any atom is 0.327 e. The molecule has 1 rings (SSSR count). The fourth-order valence-electron chi connectivity index (χ4n) is 1.39. The van der Waals surface area contributed by atoms with E-state index in [-0.39, 0.29) is 5.75 Å². The number of carbonyl (C=O) groups is 2. The van der Waals surface area contributed by atoms with Gasteiger partial charge in [0.25, 0.3) is 0 Å². The van der Waals surface area contributed by atoms with Crippen molar-refractivity contribution >= 4 is 33.1 Å². The Morgan fingerprint density at radius 1 is 1.53 bits per heavy atom. The predicted octanol–water partition coefficient (Wildman–Crippen LogP) is -0.0444. The molecule has 2 N–H and O–H groups in total. The quantitative estimate of drug-likeness (QED) is 0.762. The maximum atomic E-state index is 11.9. The molecule has 1 heterocycles. The van der Waals surface area contributed by atoms with Gasteiger partial charge in [-0.1, -0.05) is 0 Å². The van der Waals surface area contributed by atoms with E-state index in [1.807, 2.05) is 0 Å². The Kier molecular flexibility index (Phi) is 5.01. The van der Waals surface area contributed by atoms with Gasteiger partial charge >= 0.3 is 5.97 Å². The van der Waals surface area contributed by atoms with Gasteiger partial charge in [-0.25, -0.2) is 18.2 Å². The number of carboxylic acids is 1. The molecule has 0 aromatic carbocycles. The van der Waals surface area contributed by atoms with E-state index in [1.54, 1.807) is 12.3 Å². The molecule has 1 atom stereocenters. The van der Waals surface area contributed by atoms with Gasteiger partial charge in [0.15, 0.2) is 9.84 Å². The Morgan fingerprint density at radius 2 is 2.16 bits per heavy atom. The van der Waals surface area contributed by atoms with E-state index in [4.69, 9.17) is 5.11 Å². The van der Waals surface area contributed by atoms with Gasteiger partial charge in [-0.2, -0.15) is 0 Å². The van der Waals surface area contributed by atoms with E-state index in [9.17, 15) is 18.0 Å². The summed E-state index contributed by atoms with van der Waals surface area (Å²) in [6.07, 6.45) is 0. The van der Waals surface area contributed by atoms with E-state index in [2.05, 4.69) is 10.3 Å². The lowest BCUT2D eigenvalue weighted by molar-refractivity contribution is -0.140. The molecule has 106 valence electrons. The molecule has 19 heavy (non-hydrogen) atoms. The summed E-state index contributed by atoms with van der Waals surface area (Å²) in [5, 5.41) is 13.1. The summed E-state index contributed by atoms with van der Waals surface area (Å²) in [4.78, 5) is 25.7. The van der Waals surface area contributed by atoms with Crippen LogP contribution in [0.15, 0.2) is 5.38 Å². The second kappa shape index (κ2) is 6.11. The second-order valence-corrected chi connectivity index (χ2v) is 7.08. The van der Waals surface area contributed by atoms with Gasteiger partial charge in [0.1, 0.15) is 16.8 Å². The van der Waals surface area contributed by atoms with Gasteiger partial charge in [-0.15, -0.1) is 11.3 Å². The van der Waals surface area contributed by atoms with Crippen molar-refractivity contribution in [2.45, 2.75) is 25.6 Å². The number of nitrogens with one attached hydrogen (secondary N) is 1. The molecule has 0 saturated carbocycles. The monoisotopic (exact) mass is 306 g/mol. The largest absolute Gasteiger partial charge is 0.480 e. The molecule has 1 amide bonds. The van der Waals surface area contributed by atoms with Crippen molar-refractivity contribution in [1.82, 2.24) is 10.3 Å². The average molecular weight is 306 g/mol. The van der Waals surface area contributed by atoms with Crippen molar-refractivity contribution in [3.63, 3.8) is 0 Å². The lowest BCUT2D eigenvalue weighted by Gasteiger charge is -2.12. The normalized spacial score (nSPS) is 12.9. The average Bonchev–Trinajstić information content (AvgIpc) is 2.60. The van der Waals surface area contributed by atoms with Crippen molar-refractivity contribution in [1.29, 1.82) is 0 Å². The Labute approximate surface area is 114 Å². The molecule has 0 aliphatic rings. The Hall–Kier alpha value is -1.48. The highest BCUT2D eigenvalue weighted by Gasteiger charge is 2.26. The number of aliphatic carboxylic acids is 1. The highest BCUT2D eigenvalue weighted by Crippen LogP contribution is 2.13. The minimum absolute atomic E-state index is 0.325. The molecule has 0 aliphatic carbocycles. The SMILES string of the molecule is CC(=O)N[C@@H](CS(=O)(=O)Cc1nc(C)cs1)C(=O)O. The number of carbonyl (C=O) groups excluding carboxylic acids is 1. The third kappa shape index (κ3) is 5.35. The van der Waals surface area contributed by atoms with Gasteiger partial charge in [0, 0.05) is 18.0 Å². The van der Waals surface area contributed by atoms with E-state index in [0.29, 0.717) is 10.7 Å². The fourth-order valence-corrected chi connectivity index (χ4v) is 4.05. The van der Waals surface area contributed by atoms with E-state index < -0.39 is 33.5 Å². The van der Waals surface area contributed by atoms with Gasteiger partial charge in [0.05, 0.1) is 5.75 Å². The molecule has 1 aromatic rings. The minimum atomic E-state index is -3.66. The number of nitrogens with zero attached hydrogens (tertiary/aromatic N) is 1. The minimum Gasteiger partial charge on any atom is -0.480 e. The summed E-state index contributed by atoms with van der Waals surface area (Å²) in [6, 6.07) is -1.44. The summed E-state index contributed by atoms with van der Waals surface area (Å²) >= 11 is 1.20. The highest BCUT2D eigenvalue weighted by molar-refractivity contribution is 7.90. The zero-order chi connectivity index (χ0) is 14.6. The van der Waals surface area contributed by atoms with Crippen LogP contribution in [0.2, 0.25) is 0 Å². The molecule has 0 unspecified atom stereocenters. The number of aromatic nitrogens is 1. The Bertz CT molecular complexity index is 578. The number of hydrogen-bond acceptors (Lipinski definition) is 6. The van der Waals surface area contributed by atoms with Crippen LogP contribution in [0.4, 0.5) is 0 Å². The van der Waals surface area contributed by atoms with Gasteiger partial charge in [-0.05, 0) is 6.92 Å². The topological polar surface area (TPSA) is 113 Å². The molecule has 1 aromatic heterocycles. The molecular formula is C10H14N2O5S2. The van der Waals surface area contributed by atoms with Crippen molar-refractivity contribution in [3.05, 3.63) is 16.1 Å². The standard InChI is InChI=1S/C10H14N2O5S2/c1-6-3-18-9(11-6)5-19(16,17)4-8(10(14)15)12-7(2)13/h3,8H,4-5H2,1-2H3,(H,12,13)(H,14,15)/t8-/m0/s1. The van der Waals surface area contributed by atoms with Crippen LogP contribution in [0.25, 0.3) is 0 Å². The Balaban J connectivity index is 2.76. The number of sulfone groups is 1. The molecule has 0 saturated heterocycles. The molecule has 0 fully saturated rings. The predicted molar refractivity (Wildman–Crippen MR) is 69.6 cm³/mol. The molecule has 0 bridgehead atoms. The summed E-state index contributed by atoms with van der Waals surface area (Å²) in [5.41, 5.74) is 0.715. The molecule has 0 aliphatic heterocycles. The second-order valence-electron chi connectivity index (χ2n) is 4.03. The zero-order valence-electron chi connectivity index (χ0n) is 10.4. The van der Waals surface area contributed by atoms with Crippen molar-refractivity contribution in [3.8, 4) is 0 Å². The van der Waals surface area contributed by atoms with Crippen LogP contribution >= 0.6 is 11.3 Å². The molecular weight excluding hydrogens is 292 g/mol. The van der Waals surface area contributed by atoms with E-state index in [0.717, 1.165) is 6.92 Å². The summed E-state index contributed by atoms with van der Waals surface area (Å²) < 4.78 is 23.7. The van der Waals surface area contributed by atoms with E-state index in [1.165, 1.54) is 11.3 Å². The van der Waals surface area contributed by atoms with Crippen LogP contribution in [0, 0.1) is 6.92 Å². The number of hydrogen-bond donors (Lipinski definition) is 2. The van der Waals surface area contributed by atoms with Crippen LogP contribution in [-0.4, -0.2) is 42.2 Å². The van der Waals surface area contributed by atoms with Crippen LogP contribution in [0.5, 0.6) is 0 Å². The van der Waals surface area contributed by atoms with Crippen molar-refractivity contribution in [2.24, 2.45) is 0 Å². The zero-order valence-corrected chi connectivity index (χ0v) is 12.0. The number of thiazole rings is 1. The van der Waals surface area contributed by atoms with Crippen molar-refractivity contribution < 1.29 is 23.1 Å². The lowest BCUT2D eigenvalue weighted by atomic mass is 10.3. The van der Waals surface area contributed by atoms with Crippen molar-refractivity contribution in [2.75, 3.05) is 5.75 Å². The number of carboxylic acid groups (broad SMARTS) is 1. The number of amides is 1. The van der Waals surface area contributed by atoms with Crippen LogP contribution in [0.3, 0.4) is 0 Å². The summed E-state index contributed by atoms with van der Waals surface area (Å²) in [6.45, 7) is 2.87. The smallest absolute Gasteiger partial charge is 0.327 e. The van der Waals surface area contributed by atoms with Crippen LogP contribution < -0.4 is 5.32 Å². The van der Waals surface area contributed by atoms with Crippen LogP contribution in [0.1, 0.15) is 17.6 Å². The van der Waals surface area contributed by atoms with E-state index >= 15 is 0 Å². The molecule has 0 spiro atoms. The number of aryl methyl sites for hydroxylation is 1. The first kappa shape index (κ1) is 15.6. The van der Waals surface area contributed by atoms with Gasteiger partial charge in [0.2, 0.25) is 5.91 Å². The summed E-state index contributed by atoms with van der Waals surface area (Å²) in [5.74, 6) is -2.95. The molecule has 9 heteroatoms. The number of rotatable bonds is 6. The fraction of sp³-hybridized carbons (Fsp3) is 0.500. The third-order valence-corrected chi connectivity index (χ3v) is 4.81. The first-order chi connectivity index (χ1) is 8.69. The van der Waals surface area contributed by atoms with Gasteiger partial charge in [-0.3, -0.25) is 4.79 Å².